The maximum atomic E-state index is 14.7. The minimum absolute atomic E-state index is 0.226. The van der Waals surface area contributed by atoms with E-state index in [9.17, 15) is 24.0 Å². The van der Waals surface area contributed by atoms with E-state index in [4.69, 9.17) is 28.1 Å². The number of Topliss-reactive ketones (excluding diaryl/α,β-unsaturated/α-hetero) is 1. The van der Waals surface area contributed by atoms with E-state index in [1.807, 2.05) is 20.8 Å². The highest BCUT2D eigenvalue weighted by molar-refractivity contribution is 5.95. The summed E-state index contributed by atoms with van der Waals surface area (Å²) >= 11 is 0. The second kappa shape index (κ2) is 9.02. The summed E-state index contributed by atoms with van der Waals surface area (Å²) in [6.45, 7) is 9.89. The van der Waals surface area contributed by atoms with E-state index in [2.05, 4.69) is 0 Å². The first-order chi connectivity index (χ1) is 19.6. The third-order valence-corrected chi connectivity index (χ3v) is 10.8. The Hall–Kier alpha value is -3.47. The zero-order chi connectivity index (χ0) is 30.6. The lowest BCUT2D eigenvalue weighted by Crippen LogP contribution is -2.73. The first kappa shape index (κ1) is 28.6. The maximum absolute atomic E-state index is 14.7. The highest BCUT2D eigenvalue weighted by atomic mass is 16.6. The van der Waals surface area contributed by atoms with Gasteiger partial charge in [0.05, 0.1) is 25.6 Å². The molecule has 11 nitrogen and oxygen atoms in total. The van der Waals surface area contributed by atoms with E-state index < -0.39 is 87.9 Å². The molecule has 4 fully saturated rings. The van der Waals surface area contributed by atoms with Gasteiger partial charge in [0.15, 0.2) is 0 Å². The maximum Gasteiger partial charge on any atom is 0.347 e. The van der Waals surface area contributed by atoms with Crippen LogP contribution in [0.3, 0.4) is 0 Å². The van der Waals surface area contributed by atoms with Crippen LogP contribution in [0.25, 0.3) is 0 Å². The number of carbonyl (C=O) groups excluding carboxylic acids is 5. The number of methoxy groups -OCH3 is 1. The first-order valence-corrected chi connectivity index (χ1v) is 14.3. The topological polar surface area (TPSA) is 148 Å². The van der Waals surface area contributed by atoms with Crippen LogP contribution >= 0.6 is 0 Å². The van der Waals surface area contributed by atoms with Crippen LogP contribution in [-0.4, -0.2) is 60.7 Å². The SMILES string of the molecule is COC(=O)C(OC(C)=O)C1C(C)(C)C(OC(C)=O)C2C(=O)C1(C)C1CCC3(C)C(=CC(=O)OC3c3ccoc3)C13OC23. The molecule has 3 aliphatic carbocycles. The number of cyclic esters (lactones) is 1. The number of epoxide rings is 1. The van der Waals surface area contributed by atoms with Crippen molar-refractivity contribution < 1.29 is 52.1 Å². The fourth-order valence-electron chi connectivity index (χ4n) is 9.40. The van der Waals surface area contributed by atoms with Crippen LogP contribution in [0.2, 0.25) is 0 Å². The molecule has 10 atom stereocenters. The molecule has 1 saturated heterocycles. The quantitative estimate of drug-likeness (QED) is 0.285. The summed E-state index contributed by atoms with van der Waals surface area (Å²) in [5.41, 5.74) is -2.66. The third-order valence-electron chi connectivity index (χ3n) is 10.8. The molecule has 42 heavy (non-hydrogen) atoms. The van der Waals surface area contributed by atoms with Crippen molar-refractivity contribution in [2.75, 3.05) is 7.11 Å². The number of rotatable bonds is 5. The van der Waals surface area contributed by atoms with Crippen LogP contribution in [0.4, 0.5) is 0 Å². The summed E-state index contributed by atoms with van der Waals surface area (Å²) in [6.07, 6.45) is 1.80. The average molecular weight is 585 g/mol. The Labute approximate surface area is 243 Å². The zero-order valence-corrected chi connectivity index (χ0v) is 24.8. The van der Waals surface area contributed by atoms with Crippen molar-refractivity contribution in [1.82, 2.24) is 0 Å². The van der Waals surface area contributed by atoms with Gasteiger partial charge >= 0.3 is 23.9 Å². The van der Waals surface area contributed by atoms with Crippen molar-refractivity contribution in [2.45, 2.75) is 84.4 Å². The van der Waals surface area contributed by atoms with Crippen molar-refractivity contribution in [1.29, 1.82) is 0 Å². The predicted molar refractivity (Wildman–Crippen MR) is 141 cm³/mol. The monoisotopic (exact) mass is 584 g/mol. The molecular formula is C31H36O11. The molecule has 1 aromatic rings. The van der Waals surface area contributed by atoms with Crippen molar-refractivity contribution in [2.24, 2.45) is 34.0 Å². The molecule has 0 N–H and O–H groups in total. The van der Waals surface area contributed by atoms with Gasteiger partial charge in [-0.1, -0.05) is 27.7 Å². The fraction of sp³-hybridized carbons (Fsp3) is 0.645. The van der Waals surface area contributed by atoms with Gasteiger partial charge in [-0.3, -0.25) is 14.4 Å². The highest BCUT2D eigenvalue weighted by Crippen LogP contribution is 2.77. The van der Waals surface area contributed by atoms with Crippen molar-refractivity contribution in [3.8, 4) is 0 Å². The number of furan rings is 1. The van der Waals surface area contributed by atoms with Gasteiger partial charge in [-0.15, -0.1) is 0 Å². The molecule has 3 saturated carbocycles. The van der Waals surface area contributed by atoms with Gasteiger partial charge in [-0.25, -0.2) is 9.59 Å². The van der Waals surface area contributed by atoms with Crippen LogP contribution in [0.15, 0.2) is 34.7 Å². The average Bonchev–Trinajstić information content (AvgIpc) is 3.36. The number of fused-ring (bicyclic) bond motifs is 5. The van der Waals surface area contributed by atoms with Gasteiger partial charge in [0, 0.05) is 53.6 Å². The molecule has 5 aliphatic rings. The second-order valence-electron chi connectivity index (χ2n) is 13.3. The lowest BCUT2D eigenvalue weighted by Gasteiger charge is -2.64. The zero-order valence-electron chi connectivity index (χ0n) is 24.8. The Balaban J connectivity index is 1.56. The van der Waals surface area contributed by atoms with Crippen LogP contribution in [-0.2, 0) is 47.7 Å². The molecule has 3 heterocycles. The number of carbonyl (C=O) groups is 5. The minimum Gasteiger partial charge on any atom is -0.472 e. The first-order valence-electron chi connectivity index (χ1n) is 14.3. The van der Waals surface area contributed by atoms with E-state index in [0.29, 0.717) is 24.0 Å². The number of ether oxygens (including phenoxy) is 5. The Kier molecular flexibility index (Phi) is 6.15. The van der Waals surface area contributed by atoms with Crippen molar-refractivity contribution in [3.63, 3.8) is 0 Å². The van der Waals surface area contributed by atoms with Gasteiger partial charge < -0.3 is 28.1 Å². The van der Waals surface area contributed by atoms with Gasteiger partial charge in [0.1, 0.15) is 29.7 Å². The lowest BCUT2D eigenvalue weighted by molar-refractivity contribution is -0.221. The Bertz CT molecular complexity index is 1410. The molecule has 0 aromatic carbocycles. The molecule has 2 bridgehead atoms. The summed E-state index contributed by atoms with van der Waals surface area (Å²) in [4.78, 5) is 65.8. The molecule has 11 heteroatoms. The second-order valence-corrected chi connectivity index (χ2v) is 13.3. The molecule has 1 aromatic heterocycles. The molecule has 6 rings (SSSR count). The van der Waals surface area contributed by atoms with Crippen LogP contribution in [0.5, 0.6) is 0 Å². The Morgan fingerprint density at radius 2 is 1.79 bits per heavy atom. The van der Waals surface area contributed by atoms with Gasteiger partial charge in [-0.2, -0.15) is 0 Å². The van der Waals surface area contributed by atoms with Crippen LogP contribution in [0, 0.1) is 34.0 Å². The summed E-state index contributed by atoms with van der Waals surface area (Å²) in [6, 6.07) is 1.76. The summed E-state index contributed by atoms with van der Waals surface area (Å²) in [5, 5.41) is 0. The minimum atomic E-state index is -1.46. The molecule has 10 unspecified atom stereocenters. The van der Waals surface area contributed by atoms with Crippen LogP contribution in [0.1, 0.15) is 66.1 Å². The molecule has 1 spiro atoms. The highest BCUT2D eigenvalue weighted by Gasteiger charge is 2.85. The molecular weight excluding hydrogens is 548 g/mol. The number of ketones is 1. The van der Waals surface area contributed by atoms with Gasteiger partial charge in [0.2, 0.25) is 6.10 Å². The van der Waals surface area contributed by atoms with Crippen molar-refractivity contribution >= 4 is 29.7 Å². The van der Waals surface area contributed by atoms with Crippen molar-refractivity contribution in [3.05, 3.63) is 35.8 Å². The summed E-state index contributed by atoms with van der Waals surface area (Å²) < 4.78 is 34.4. The summed E-state index contributed by atoms with van der Waals surface area (Å²) in [5.74, 6) is -5.22. The number of esters is 4. The van der Waals surface area contributed by atoms with E-state index >= 15 is 0 Å². The molecule has 0 radical (unpaired) electrons. The van der Waals surface area contributed by atoms with E-state index in [0.717, 1.165) is 0 Å². The van der Waals surface area contributed by atoms with Gasteiger partial charge in [0.25, 0.3) is 0 Å². The Morgan fingerprint density at radius 3 is 2.38 bits per heavy atom. The summed E-state index contributed by atoms with van der Waals surface area (Å²) in [7, 11) is 1.19. The number of hydrogen-bond acceptors (Lipinski definition) is 11. The molecule has 226 valence electrons. The Morgan fingerprint density at radius 1 is 1.07 bits per heavy atom. The van der Waals surface area contributed by atoms with E-state index in [1.165, 1.54) is 33.3 Å². The van der Waals surface area contributed by atoms with Gasteiger partial charge in [-0.05, 0) is 24.5 Å². The smallest absolute Gasteiger partial charge is 0.347 e. The molecule has 2 aliphatic heterocycles. The number of hydrogen-bond donors (Lipinski definition) is 0. The van der Waals surface area contributed by atoms with E-state index in [1.54, 1.807) is 19.3 Å². The third kappa shape index (κ3) is 3.52. The lowest BCUT2D eigenvalue weighted by atomic mass is 9.38. The predicted octanol–water partition coefficient (Wildman–Crippen LogP) is 3.26. The largest absolute Gasteiger partial charge is 0.472 e. The standard InChI is InChI=1S/C31H36O11/c1-14(32)39-21(27(36)37-7)22-28(3,4)25(40-15(2)33)20-23(35)30(22,6)17-8-10-29(5)18(31(17)26(20)42-31)12-19(34)41-24(29)16-9-11-38-13-16/h9,11-13,17,20-22,24-26H,8,10H2,1-7H3. The van der Waals surface area contributed by atoms with E-state index in [-0.39, 0.29) is 5.78 Å². The normalized spacial score (nSPS) is 41.5. The van der Waals surface area contributed by atoms with Crippen LogP contribution < -0.4 is 0 Å². The fourth-order valence-corrected chi connectivity index (χ4v) is 9.40. The molecule has 0 amide bonds.